The van der Waals surface area contributed by atoms with Gasteiger partial charge < -0.3 is 9.47 Å². The zero-order chi connectivity index (χ0) is 24.8. The molecular weight excluding hydrogens is 471 g/mol. The highest BCUT2D eigenvalue weighted by molar-refractivity contribution is 7.17. The van der Waals surface area contributed by atoms with Crippen LogP contribution >= 0.6 is 11.3 Å². The Bertz CT molecular complexity index is 1370. The highest BCUT2D eigenvalue weighted by atomic mass is 32.1. The Hall–Kier alpha value is -3.41. The predicted octanol–water partition coefficient (Wildman–Crippen LogP) is 5.25. The first-order valence-corrected chi connectivity index (χ1v) is 11.2. The van der Waals surface area contributed by atoms with E-state index in [0.29, 0.717) is 38.6 Å². The molecule has 4 aromatic heterocycles. The van der Waals surface area contributed by atoms with Crippen LogP contribution < -0.4 is 4.74 Å². The van der Waals surface area contributed by atoms with E-state index in [4.69, 9.17) is 9.47 Å². The number of esters is 1. The van der Waals surface area contributed by atoms with Crippen molar-refractivity contribution in [3.05, 3.63) is 40.8 Å². The molecule has 8 nitrogen and oxygen atoms in total. The van der Waals surface area contributed by atoms with Crippen molar-refractivity contribution in [2.24, 2.45) is 0 Å². The molecule has 0 N–H and O–H groups in total. The molecule has 1 unspecified atom stereocenters. The van der Waals surface area contributed by atoms with Gasteiger partial charge in [0, 0.05) is 28.6 Å². The first kappa shape index (κ1) is 23.7. The van der Waals surface area contributed by atoms with E-state index < -0.39 is 18.2 Å². The lowest BCUT2D eigenvalue weighted by atomic mass is 10.0. The van der Waals surface area contributed by atoms with Gasteiger partial charge in [0.2, 0.25) is 5.88 Å². The van der Waals surface area contributed by atoms with Gasteiger partial charge in [-0.1, -0.05) is 0 Å². The Morgan fingerprint density at radius 2 is 2.03 bits per heavy atom. The summed E-state index contributed by atoms with van der Waals surface area (Å²) in [7, 11) is 1.42. The molecule has 180 valence electrons. The van der Waals surface area contributed by atoms with Crippen LogP contribution in [0.15, 0.2) is 24.5 Å². The quantitative estimate of drug-likeness (QED) is 0.341. The van der Waals surface area contributed by atoms with Gasteiger partial charge in [-0.25, -0.2) is 14.3 Å². The number of thiazole rings is 1. The van der Waals surface area contributed by atoms with Crippen LogP contribution in [-0.4, -0.2) is 50.2 Å². The normalized spacial score (nSPS) is 12.8. The van der Waals surface area contributed by atoms with E-state index in [1.54, 1.807) is 43.7 Å². The second-order valence-corrected chi connectivity index (χ2v) is 8.59. The van der Waals surface area contributed by atoms with E-state index in [1.807, 2.05) is 6.07 Å². The molecule has 34 heavy (non-hydrogen) atoms. The number of ether oxygens (including phenoxy) is 2. The molecule has 12 heteroatoms. The summed E-state index contributed by atoms with van der Waals surface area (Å²) in [5.41, 5.74) is 3.45. The van der Waals surface area contributed by atoms with E-state index in [-0.39, 0.29) is 17.4 Å². The van der Waals surface area contributed by atoms with Gasteiger partial charge in [0.15, 0.2) is 4.88 Å². The number of halogens is 3. The first-order chi connectivity index (χ1) is 16.1. The molecule has 0 radical (unpaired) electrons. The highest BCUT2D eigenvalue weighted by Crippen LogP contribution is 2.38. The number of hydrogen-bond acceptors (Lipinski definition) is 7. The van der Waals surface area contributed by atoms with Crippen LogP contribution in [0.3, 0.4) is 0 Å². The minimum Gasteiger partial charge on any atom is -0.480 e. The average Bonchev–Trinajstić information content (AvgIpc) is 3.47. The maximum Gasteiger partial charge on any atom is 0.410 e. The van der Waals surface area contributed by atoms with Crippen molar-refractivity contribution in [3.8, 4) is 27.6 Å². The van der Waals surface area contributed by atoms with Gasteiger partial charge in [0.25, 0.3) is 0 Å². The number of pyridine rings is 1. The summed E-state index contributed by atoms with van der Waals surface area (Å²) >= 11 is 1.13. The second-order valence-electron chi connectivity index (χ2n) is 7.59. The maximum absolute atomic E-state index is 13.3. The van der Waals surface area contributed by atoms with E-state index in [9.17, 15) is 18.0 Å². The number of aromatic nitrogens is 5. The highest BCUT2D eigenvalue weighted by Gasteiger charge is 2.39. The van der Waals surface area contributed by atoms with E-state index in [0.717, 1.165) is 22.9 Å². The van der Waals surface area contributed by atoms with Crippen LogP contribution in [0.2, 0.25) is 0 Å². The Balaban J connectivity index is 1.82. The molecule has 0 fully saturated rings. The Labute approximate surface area is 196 Å². The van der Waals surface area contributed by atoms with Crippen molar-refractivity contribution in [2.75, 3.05) is 13.7 Å². The number of fused-ring (bicyclic) bond motifs is 1. The van der Waals surface area contributed by atoms with Crippen LogP contribution in [0.25, 0.3) is 27.2 Å². The molecule has 0 bridgehead atoms. The number of hydrogen-bond donors (Lipinski definition) is 0. The fourth-order valence-corrected chi connectivity index (χ4v) is 4.69. The average molecular weight is 494 g/mol. The van der Waals surface area contributed by atoms with Gasteiger partial charge in [-0.05, 0) is 39.8 Å². The van der Waals surface area contributed by atoms with Crippen molar-refractivity contribution in [1.29, 1.82) is 0 Å². The summed E-state index contributed by atoms with van der Waals surface area (Å²) in [6, 6.07) is 1.84. The number of rotatable bonds is 6. The SMILES string of the molecule is CCOC(=O)c1sc(-c2ccn3ncc(-c4c(C)nn(C(C)C(F)(F)F)c4C)c3c2)nc1OC. The van der Waals surface area contributed by atoms with Crippen molar-refractivity contribution in [3.63, 3.8) is 0 Å². The Kier molecular flexibility index (Phi) is 6.11. The molecule has 0 aliphatic rings. The number of carbonyl (C=O) groups is 1. The molecule has 0 saturated carbocycles. The Morgan fingerprint density at radius 1 is 1.29 bits per heavy atom. The van der Waals surface area contributed by atoms with Crippen LogP contribution in [0.5, 0.6) is 5.88 Å². The van der Waals surface area contributed by atoms with Gasteiger partial charge in [-0.3, -0.25) is 4.68 Å². The lowest BCUT2D eigenvalue weighted by Crippen LogP contribution is -2.25. The predicted molar refractivity (Wildman–Crippen MR) is 120 cm³/mol. The zero-order valence-electron chi connectivity index (χ0n) is 19.1. The molecule has 0 aliphatic carbocycles. The summed E-state index contributed by atoms with van der Waals surface area (Å²) in [6.45, 7) is 6.30. The fourth-order valence-electron chi connectivity index (χ4n) is 3.77. The number of methoxy groups -OCH3 is 1. The molecule has 1 atom stereocenters. The van der Waals surface area contributed by atoms with Crippen molar-refractivity contribution in [1.82, 2.24) is 24.4 Å². The number of alkyl halides is 3. The number of carbonyl (C=O) groups excluding carboxylic acids is 1. The van der Waals surface area contributed by atoms with Crippen LogP contribution in [-0.2, 0) is 4.74 Å². The molecule has 0 saturated heterocycles. The van der Waals surface area contributed by atoms with Crippen molar-refractivity contribution < 1.29 is 27.4 Å². The number of nitrogens with zero attached hydrogens (tertiary/aromatic N) is 5. The second kappa shape index (κ2) is 8.75. The van der Waals surface area contributed by atoms with Crippen LogP contribution in [0.1, 0.15) is 40.9 Å². The minimum atomic E-state index is -4.42. The van der Waals surface area contributed by atoms with E-state index in [2.05, 4.69) is 15.2 Å². The van der Waals surface area contributed by atoms with Crippen molar-refractivity contribution >= 4 is 22.8 Å². The summed E-state index contributed by atoms with van der Waals surface area (Å²) in [4.78, 5) is 16.9. The standard InChI is InChI=1S/C22H22F3N5O3S/c1-6-33-21(31)18-19(32-5)27-20(34-18)14-7-8-29-16(9-14)15(10-26-29)17-11(2)28-30(12(17)3)13(4)22(23,24)25/h7-10,13H,6H2,1-5H3. The lowest BCUT2D eigenvalue weighted by molar-refractivity contribution is -0.165. The minimum absolute atomic E-state index is 0.168. The van der Waals surface area contributed by atoms with Crippen LogP contribution in [0.4, 0.5) is 13.2 Å². The summed E-state index contributed by atoms with van der Waals surface area (Å²) in [6.07, 6.45) is -1.10. The summed E-state index contributed by atoms with van der Waals surface area (Å²) in [5, 5.41) is 9.04. The largest absolute Gasteiger partial charge is 0.480 e. The summed E-state index contributed by atoms with van der Waals surface area (Å²) in [5.74, 6) is -0.354. The van der Waals surface area contributed by atoms with Gasteiger partial charge >= 0.3 is 12.1 Å². The third kappa shape index (κ3) is 4.02. The van der Waals surface area contributed by atoms with Gasteiger partial charge in [0.05, 0.1) is 31.1 Å². The smallest absolute Gasteiger partial charge is 0.410 e. The van der Waals surface area contributed by atoms with Gasteiger partial charge in [0.1, 0.15) is 11.0 Å². The monoisotopic (exact) mass is 493 g/mol. The lowest BCUT2D eigenvalue weighted by Gasteiger charge is -2.17. The Morgan fingerprint density at radius 3 is 2.68 bits per heavy atom. The molecule has 4 heterocycles. The molecule has 4 aromatic rings. The molecule has 4 rings (SSSR count). The van der Waals surface area contributed by atoms with E-state index in [1.165, 1.54) is 7.11 Å². The van der Waals surface area contributed by atoms with Gasteiger partial charge in [-0.15, -0.1) is 11.3 Å². The first-order valence-electron chi connectivity index (χ1n) is 10.4. The third-order valence-corrected chi connectivity index (χ3v) is 6.52. The van der Waals surface area contributed by atoms with E-state index >= 15 is 0 Å². The molecule has 0 amide bonds. The summed E-state index contributed by atoms with van der Waals surface area (Å²) < 4.78 is 52.9. The van der Waals surface area contributed by atoms with Gasteiger partial charge in [-0.2, -0.15) is 23.4 Å². The number of aryl methyl sites for hydroxylation is 1. The molecule has 0 spiro atoms. The molecule has 0 aliphatic heterocycles. The maximum atomic E-state index is 13.3. The molecular formula is C22H22F3N5O3S. The topological polar surface area (TPSA) is 83.5 Å². The fraction of sp³-hybridized carbons (Fsp3) is 0.364. The van der Waals surface area contributed by atoms with Crippen molar-refractivity contribution in [2.45, 2.75) is 39.9 Å². The zero-order valence-corrected chi connectivity index (χ0v) is 19.9. The molecule has 0 aromatic carbocycles. The third-order valence-electron chi connectivity index (χ3n) is 5.45. The van der Waals surface area contributed by atoms with Crippen LogP contribution in [0, 0.1) is 13.8 Å².